The number of piperazine rings is 1. The van der Waals surface area contributed by atoms with E-state index in [0.29, 0.717) is 61.7 Å². The molecule has 2 aliphatic heterocycles. The molecule has 9 nitrogen and oxygen atoms in total. The number of nitrogens with zero attached hydrogens (tertiary/aromatic N) is 3. The lowest BCUT2D eigenvalue weighted by Crippen LogP contribution is -2.47. The van der Waals surface area contributed by atoms with E-state index in [4.69, 9.17) is 4.74 Å². The van der Waals surface area contributed by atoms with Crippen LogP contribution < -0.4 is 20.4 Å². The maximum Gasteiger partial charge on any atom is 0.254 e. The van der Waals surface area contributed by atoms with E-state index in [1.165, 1.54) is 24.1 Å². The van der Waals surface area contributed by atoms with Gasteiger partial charge in [0.25, 0.3) is 11.8 Å². The van der Waals surface area contributed by atoms with E-state index in [9.17, 15) is 14.4 Å². The fraction of sp³-hybridized carbons (Fsp3) is 0.514. The summed E-state index contributed by atoms with van der Waals surface area (Å²) in [4.78, 5) is 45.2. The second kappa shape index (κ2) is 14.6. The third-order valence-corrected chi connectivity index (χ3v) is 8.88. The number of carbonyl (C=O) groups is 3. The summed E-state index contributed by atoms with van der Waals surface area (Å²) in [5, 5.41) is 6.15. The van der Waals surface area contributed by atoms with Crippen LogP contribution in [0.4, 0.5) is 17.1 Å². The zero-order valence-electron chi connectivity index (χ0n) is 26.5. The Bertz CT molecular complexity index is 1380. The van der Waals surface area contributed by atoms with E-state index in [-0.39, 0.29) is 17.7 Å². The van der Waals surface area contributed by atoms with Gasteiger partial charge in [-0.3, -0.25) is 14.4 Å². The number of rotatable bonds is 13. The number of nitrogens with one attached hydrogen (secondary N) is 2. The van der Waals surface area contributed by atoms with Gasteiger partial charge >= 0.3 is 0 Å². The predicted molar refractivity (Wildman–Crippen MR) is 175 cm³/mol. The van der Waals surface area contributed by atoms with Crippen molar-refractivity contribution in [3.63, 3.8) is 0 Å². The molecule has 236 valence electrons. The molecule has 0 bridgehead atoms. The zero-order valence-corrected chi connectivity index (χ0v) is 26.5. The average molecular weight is 602 g/mol. The van der Waals surface area contributed by atoms with Crippen molar-refractivity contribution in [2.45, 2.75) is 59.3 Å². The number of benzene rings is 2. The van der Waals surface area contributed by atoms with Crippen LogP contribution in [0.15, 0.2) is 48.2 Å². The minimum atomic E-state index is -0.244. The molecule has 1 aliphatic carbocycles. The van der Waals surface area contributed by atoms with Crippen molar-refractivity contribution >= 4 is 34.8 Å². The van der Waals surface area contributed by atoms with Crippen molar-refractivity contribution in [3.05, 3.63) is 64.9 Å². The highest BCUT2D eigenvalue weighted by Gasteiger charge is 2.25. The van der Waals surface area contributed by atoms with Crippen LogP contribution in [0.5, 0.6) is 0 Å². The van der Waals surface area contributed by atoms with Crippen molar-refractivity contribution in [3.8, 4) is 0 Å². The molecule has 2 saturated heterocycles. The van der Waals surface area contributed by atoms with Gasteiger partial charge in [0.2, 0.25) is 5.91 Å². The van der Waals surface area contributed by atoms with E-state index < -0.39 is 0 Å². The molecular weight excluding hydrogens is 554 g/mol. The molecule has 5 rings (SSSR count). The molecule has 0 aromatic heterocycles. The van der Waals surface area contributed by atoms with Crippen molar-refractivity contribution in [2.75, 3.05) is 67.5 Å². The molecule has 0 unspecified atom stereocenters. The maximum absolute atomic E-state index is 13.4. The predicted octanol–water partition coefficient (Wildman–Crippen LogP) is 4.90. The van der Waals surface area contributed by atoms with Crippen LogP contribution in [0.2, 0.25) is 0 Å². The minimum absolute atomic E-state index is 0.166. The lowest BCUT2D eigenvalue weighted by atomic mass is 10.0. The van der Waals surface area contributed by atoms with Gasteiger partial charge in [0, 0.05) is 69.1 Å². The van der Waals surface area contributed by atoms with Gasteiger partial charge in [0.15, 0.2) is 0 Å². The lowest BCUT2D eigenvalue weighted by molar-refractivity contribution is -0.127. The largest absolute Gasteiger partial charge is 0.500 e. The summed E-state index contributed by atoms with van der Waals surface area (Å²) >= 11 is 0. The Kier molecular flexibility index (Phi) is 10.5. The Morgan fingerprint density at radius 3 is 2.41 bits per heavy atom. The SMILES string of the molecule is CCc1cc(N2CCN(c3ccccc3C)CC2)c(NC(=O)/C(C)=C/OCC2CC2)cc1C(=O)NCCCN1CCCC1=O. The molecule has 0 atom stereocenters. The molecule has 0 spiro atoms. The van der Waals surface area contributed by atoms with Gasteiger partial charge < -0.3 is 30.1 Å². The van der Waals surface area contributed by atoms with Gasteiger partial charge in [-0.25, -0.2) is 0 Å². The number of hydrogen-bond acceptors (Lipinski definition) is 6. The summed E-state index contributed by atoms with van der Waals surface area (Å²) in [6.45, 7) is 11.8. The normalized spacial score (nSPS) is 17.2. The topological polar surface area (TPSA) is 94.2 Å². The van der Waals surface area contributed by atoms with E-state index in [0.717, 1.165) is 50.4 Å². The first-order valence-corrected chi connectivity index (χ1v) is 16.2. The van der Waals surface area contributed by atoms with Crippen molar-refractivity contribution in [1.82, 2.24) is 10.2 Å². The first-order chi connectivity index (χ1) is 21.3. The Morgan fingerprint density at radius 2 is 1.75 bits per heavy atom. The number of ether oxygens (including phenoxy) is 1. The number of aryl methyl sites for hydroxylation is 2. The molecule has 3 aliphatic rings. The molecule has 1 saturated carbocycles. The van der Waals surface area contributed by atoms with Crippen LogP contribution >= 0.6 is 0 Å². The molecule has 2 aromatic rings. The summed E-state index contributed by atoms with van der Waals surface area (Å²) in [6, 6.07) is 12.4. The summed E-state index contributed by atoms with van der Waals surface area (Å²) in [5.74, 6) is 0.390. The lowest BCUT2D eigenvalue weighted by Gasteiger charge is -2.39. The molecule has 44 heavy (non-hydrogen) atoms. The second-order valence-corrected chi connectivity index (χ2v) is 12.3. The number of amides is 3. The second-order valence-electron chi connectivity index (χ2n) is 12.3. The third kappa shape index (κ3) is 7.92. The van der Waals surface area contributed by atoms with Crippen LogP contribution in [0.25, 0.3) is 0 Å². The van der Waals surface area contributed by atoms with Crippen LogP contribution in [0.1, 0.15) is 67.4 Å². The van der Waals surface area contributed by atoms with Gasteiger partial charge in [-0.1, -0.05) is 25.1 Å². The fourth-order valence-electron chi connectivity index (χ4n) is 5.98. The first-order valence-electron chi connectivity index (χ1n) is 16.2. The molecular formula is C35H47N5O4. The molecule has 2 heterocycles. The summed E-state index contributed by atoms with van der Waals surface area (Å²) in [7, 11) is 0. The average Bonchev–Trinajstić information content (AvgIpc) is 3.77. The summed E-state index contributed by atoms with van der Waals surface area (Å²) in [6.07, 6.45) is 6.84. The van der Waals surface area contributed by atoms with Gasteiger partial charge in [-0.2, -0.15) is 0 Å². The van der Waals surface area contributed by atoms with Gasteiger partial charge in [0.05, 0.1) is 24.2 Å². The first kappa shape index (κ1) is 31.4. The van der Waals surface area contributed by atoms with Crippen molar-refractivity contribution < 1.29 is 19.1 Å². The Morgan fingerprint density at radius 1 is 1.02 bits per heavy atom. The Labute approximate surface area is 261 Å². The van der Waals surface area contributed by atoms with Crippen LogP contribution in [-0.4, -0.2) is 75.0 Å². The smallest absolute Gasteiger partial charge is 0.254 e. The molecule has 3 amide bonds. The van der Waals surface area contributed by atoms with Crippen LogP contribution in [0, 0.1) is 12.8 Å². The standard InChI is InChI=1S/C35H47N5O4/c1-4-28-21-32(39-19-17-38(18-20-39)31-10-6-5-9-25(31)2)30(37-34(42)26(3)23-44-24-27-12-13-27)22-29(28)35(43)36-14-8-16-40-15-7-11-33(40)41/h5-6,9-10,21-23,27H,4,7-8,11-20,24H2,1-3H3,(H,36,43)(H,37,42)/b26-23+. The van der Waals surface area contributed by atoms with E-state index in [2.05, 4.69) is 57.7 Å². The Hall–Kier alpha value is -4.01. The third-order valence-electron chi connectivity index (χ3n) is 8.88. The highest BCUT2D eigenvalue weighted by Crippen LogP contribution is 2.33. The number of carbonyl (C=O) groups excluding carboxylic acids is 3. The summed E-state index contributed by atoms with van der Waals surface area (Å²) in [5.41, 5.74) is 6.05. The highest BCUT2D eigenvalue weighted by molar-refractivity contribution is 6.06. The number of likely N-dealkylation sites (tertiary alicyclic amines) is 1. The van der Waals surface area contributed by atoms with E-state index in [1.54, 1.807) is 13.2 Å². The Balaban J connectivity index is 1.32. The summed E-state index contributed by atoms with van der Waals surface area (Å²) < 4.78 is 5.66. The quantitative estimate of drug-likeness (QED) is 0.193. The van der Waals surface area contributed by atoms with E-state index in [1.807, 2.05) is 17.9 Å². The molecule has 2 aromatic carbocycles. The monoisotopic (exact) mass is 601 g/mol. The molecule has 9 heteroatoms. The van der Waals surface area contributed by atoms with Crippen molar-refractivity contribution in [1.29, 1.82) is 0 Å². The van der Waals surface area contributed by atoms with Gasteiger partial charge in [-0.15, -0.1) is 0 Å². The zero-order chi connectivity index (χ0) is 31.1. The fourth-order valence-corrected chi connectivity index (χ4v) is 5.98. The van der Waals surface area contributed by atoms with Crippen LogP contribution in [-0.2, 0) is 20.7 Å². The molecule has 3 fully saturated rings. The minimum Gasteiger partial charge on any atom is -0.500 e. The van der Waals surface area contributed by atoms with Crippen LogP contribution in [0.3, 0.4) is 0 Å². The van der Waals surface area contributed by atoms with Gasteiger partial charge in [-0.05, 0) is 81.2 Å². The van der Waals surface area contributed by atoms with E-state index >= 15 is 0 Å². The number of hydrogen-bond donors (Lipinski definition) is 2. The highest BCUT2D eigenvalue weighted by atomic mass is 16.5. The van der Waals surface area contributed by atoms with Gasteiger partial charge in [0.1, 0.15) is 0 Å². The number of anilines is 3. The molecule has 0 radical (unpaired) electrons. The number of para-hydroxylation sites is 1. The maximum atomic E-state index is 13.4. The molecule has 2 N–H and O–H groups in total. The van der Waals surface area contributed by atoms with Crippen molar-refractivity contribution in [2.24, 2.45) is 5.92 Å².